The van der Waals surface area contributed by atoms with E-state index >= 15 is 0 Å². The molecule has 1 N–H and O–H groups in total. The highest BCUT2D eigenvalue weighted by Crippen LogP contribution is 2.31. The summed E-state index contributed by atoms with van der Waals surface area (Å²) in [5.74, 6) is 0. The maximum atomic E-state index is 6.36. The van der Waals surface area contributed by atoms with Crippen LogP contribution in [0.25, 0.3) is 0 Å². The van der Waals surface area contributed by atoms with Crippen molar-refractivity contribution in [1.29, 1.82) is 0 Å². The van der Waals surface area contributed by atoms with Gasteiger partial charge < -0.3 is 10.2 Å². The molecule has 1 atom stereocenters. The Hall–Kier alpha value is -0.730. The third-order valence-electron chi connectivity index (χ3n) is 3.27. The van der Waals surface area contributed by atoms with Gasteiger partial charge in [0.2, 0.25) is 0 Å². The largest absolute Gasteiger partial charge is 0.369 e. The average Bonchev–Trinajstić information content (AvgIpc) is 2.69. The van der Waals surface area contributed by atoms with Crippen molar-refractivity contribution >= 4 is 17.3 Å². The lowest BCUT2D eigenvalue weighted by Crippen LogP contribution is -2.37. The van der Waals surface area contributed by atoms with Crippen LogP contribution < -0.4 is 10.2 Å². The van der Waals surface area contributed by atoms with E-state index in [4.69, 9.17) is 11.6 Å². The molecule has 1 aliphatic heterocycles. The van der Waals surface area contributed by atoms with Gasteiger partial charge in [0, 0.05) is 25.2 Å². The van der Waals surface area contributed by atoms with E-state index < -0.39 is 0 Å². The lowest BCUT2D eigenvalue weighted by molar-refractivity contribution is 0.492. The summed E-state index contributed by atoms with van der Waals surface area (Å²) in [4.78, 5) is 2.38. The number of anilines is 1. The van der Waals surface area contributed by atoms with E-state index in [0.717, 1.165) is 23.7 Å². The van der Waals surface area contributed by atoms with Crippen LogP contribution in [-0.4, -0.2) is 25.2 Å². The highest BCUT2D eigenvalue weighted by Gasteiger charge is 2.24. The van der Waals surface area contributed by atoms with Crippen molar-refractivity contribution in [2.24, 2.45) is 0 Å². The van der Waals surface area contributed by atoms with Crippen LogP contribution in [0.2, 0.25) is 5.02 Å². The number of nitrogens with zero attached hydrogens (tertiary/aromatic N) is 1. The van der Waals surface area contributed by atoms with Crippen molar-refractivity contribution in [3.05, 3.63) is 28.8 Å². The SMILES string of the molecule is Cc1cccc(N2CCC(NC(C)C)C2)c1Cl. The number of nitrogens with one attached hydrogen (secondary N) is 1. The predicted octanol–water partition coefficient (Wildman–Crippen LogP) is 3.23. The van der Waals surface area contributed by atoms with E-state index in [2.05, 4.69) is 49.2 Å². The molecular weight excluding hydrogens is 232 g/mol. The van der Waals surface area contributed by atoms with Crippen molar-refractivity contribution in [3.8, 4) is 0 Å². The molecule has 2 rings (SSSR count). The number of hydrogen-bond acceptors (Lipinski definition) is 2. The Kier molecular flexibility index (Phi) is 3.95. The van der Waals surface area contributed by atoms with Crippen LogP contribution in [0, 0.1) is 6.92 Å². The normalized spacial score (nSPS) is 20.3. The van der Waals surface area contributed by atoms with Crippen LogP contribution in [0.1, 0.15) is 25.8 Å². The molecule has 2 nitrogen and oxygen atoms in total. The second-order valence-electron chi connectivity index (χ2n) is 5.16. The van der Waals surface area contributed by atoms with Crippen LogP contribution in [0.5, 0.6) is 0 Å². The molecule has 1 saturated heterocycles. The van der Waals surface area contributed by atoms with Gasteiger partial charge in [0.05, 0.1) is 10.7 Å². The van der Waals surface area contributed by atoms with Crippen LogP contribution in [0.3, 0.4) is 0 Å². The number of aryl methyl sites for hydroxylation is 1. The van der Waals surface area contributed by atoms with E-state index in [1.54, 1.807) is 0 Å². The van der Waals surface area contributed by atoms with Gasteiger partial charge in [0.1, 0.15) is 0 Å². The first-order chi connectivity index (χ1) is 8.08. The fourth-order valence-corrected chi connectivity index (χ4v) is 2.71. The molecule has 0 amide bonds. The minimum Gasteiger partial charge on any atom is -0.369 e. The predicted molar refractivity (Wildman–Crippen MR) is 75.1 cm³/mol. The Balaban J connectivity index is 2.07. The zero-order chi connectivity index (χ0) is 12.4. The number of hydrogen-bond donors (Lipinski definition) is 1. The molecule has 1 heterocycles. The lowest BCUT2D eigenvalue weighted by Gasteiger charge is -2.22. The Morgan fingerprint density at radius 1 is 1.41 bits per heavy atom. The average molecular weight is 253 g/mol. The molecule has 1 aliphatic rings. The Morgan fingerprint density at radius 3 is 2.88 bits per heavy atom. The first-order valence-electron chi connectivity index (χ1n) is 6.34. The summed E-state index contributed by atoms with van der Waals surface area (Å²) in [7, 11) is 0. The molecular formula is C14H21ClN2. The van der Waals surface area contributed by atoms with Crippen LogP contribution in [0.15, 0.2) is 18.2 Å². The van der Waals surface area contributed by atoms with E-state index in [1.807, 2.05) is 0 Å². The maximum Gasteiger partial charge on any atom is 0.0668 e. The van der Waals surface area contributed by atoms with Crippen molar-refractivity contribution in [2.45, 2.75) is 39.3 Å². The molecule has 1 aromatic carbocycles. The molecule has 0 radical (unpaired) electrons. The second kappa shape index (κ2) is 5.28. The Morgan fingerprint density at radius 2 is 2.18 bits per heavy atom. The Bertz CT molecular complexity index is 390. The summed E-state index contributed by atoms with van der Waals surface area (Å²) in [6, 6.07) is 7.40. The summed E-state index contributed by atoms with van der Waals surface area (Å²) in [5, 5.41) is 4.49. The van der Waals surface area contributed by atoms with Crippen molar-refractivity contribution in [3.63, 3.8) is 0 Å². The van der Waals surface area contributed by atoms with E-state index in [1.165, 1.54) is 12.1 Å². The zero-order valence-electron chi connectivity index (χ0n) is 10.8. The molecule has 1 fully saturated rings. The molecule has 0 saturated carbocycles. The fraction of sp³-hybridized carbons (Fsp3) is 0.571. The highest BCUT2D eigenvalue weighted by atomic mass is 35.5. The quantitative estimate of drug-likeness (QED) is 0.889. The first kappa shape index (κ1) is 12.7. The van der Waals surface area contributed by atoms with Gasteiger partial charge in [-0.25, -0.2) is 0 Å². The van der Waals surface area contributed by atoms with Gasteiger partial charge in [0.15, 0.2) is 0 Å². The van der Waals surface area contributed by atoms with Crippen molar-refractivity contribution in [1.82, 2.24) is 5.32 Å². The van der Waals surface area contributed by atoms with Gasteiger partial charge in [-0.2, -0.15) is 0 Å². The molecule has 17 heavy (non-hydrogen) atoms. The topological polar surface area (TPSA) is 15.3 Å². The standard InChI is InChI=1S/C14H21ClN2/c1-10(2)16-12-7-8-17(9-12)13-6-4-5-11(3)14(13)15/h4-6,10,12,16H,7-9H2,1-3H3. The number of rotatable bonds is 3. The van der Waals surface area contributed by atoms with Gasteiger partial charge in [-0.3, -0.25) is 0 Å². The minimum absolute atomic E-state index is 0.549. The van der Waals surface area contributed by atoms with Crippen LogP contribution >= 0.6 is 11.6 Å². The van der Waals surface area contributed by atoms with Gasteiger partial charge in [-0.15, -0.1) is 0 Å². The van der Waals surface area contributed by atoms with Crippen LogP contribution in [0.4, 0.5) is 5.69 Å². The fourth-order valence-electron chi connectivity index (χ4n) is 2.46. The molecule has 1 aromatic rings. The highest BCUT2D eigenvalue weighted by molar-refractivity contribution is 6.34. The summed E-state index contributed by atoms with van der Waals surface area (Å²) < 4.78 is 0. The smallest absolute Gasteiger partial charge is 0.0668 e. The Labute approximate surface area is 109 Å². The van der Waals surface area contributed by atoms with Gasteiger partial charge in [0.25, 0.3) is 0 Å². The molecule has 0 spiro atoms. The van der Waals surface area contributed by atoms with Crippen molar-refractivity contribution in [2.75, 3.05) is 18.0 Å². The summed E-state index contributed by atoms with van der Waals surface area (Å²) in [6.07, 6.45) is 1.20. The molecule has 0 bridgehead atoms. The van der Waals surface area contributed by atoms with Gasteiger partial charge in [-0.1, -0.05) is 37.6 Å². The summed E-state index contributed by atoms with van der Waals surface area (Å²) >= 11 is 6.36. The summed E-state index contributed by atoms with van der Waals surface area (Å²) in [5.41, 5.74) is 2.34. The molecule has 0 aliphatic carbocycles. The van der Waals surface area contributed by atoms with E-state index in [-0.39, 0.29) is 0 Å². The summed E-state index contributed by atoms with van der Waals surface area (Å²) in [6.45, 7) is 8.60. The third-order valence-corrected chi connectivity index (χ3v) is 3.76. The molecule has 0 aromatic heterocycles. The maximum absolute atomic E-state index is 6.36. The second-order valence-corrected chi connectivity index (χ2v) is 5.54. The monoisotopic (exact) mass is 252 g/mol. The van der Waals surface area contributed by atoms with Crippen LogP contribution in [-0.2, 0) is 0 Å². The zero-order valence-corrected chi connectivity index (χ0v) is 11.6. The lowest BCUT2D eigenvalue weighted by atomic mass is 10.2. The molecule has 1 unspecified atom stereocenters. The van der Waals surface area contributed by atoms with Gasteiger partial charge >= 0.3 is 0 Å². The first-order valence-corrected chi connectivity index (χ1v) is 6.72. The number of halogens is 1. The molecule has 94 valence electrons. The van der Waals surface area contributed by atoms with E-state index in [9.17, 15) is 0 Å². The molecule has 3 heteroatoms. The van der Waals surface area contributed by atoms with E-state index in [0.29, 0.717) is 12.1 Å². The van der Waals surface area contributed by atoms with Gasteiger partial charge in [-0.05, 0) is 25.0 Å². The third kappa shape index (κ3) is 2.93. The minimum atomic E-state index is 0.549. The number of benzene rings is 1. The van der Waals surface area contributed by atoms with Crippen molar-refractivity contribution < 1.29 is 0 Å².